The summed E-state index contributed by atoms with van der Waals surface area (Å²) in [5, 5.41) is 7.10. The highest BCUT2D eigenvalue weighted by atomic mass is 16.5. The molecule has 0 aromatic carbocycles. The van der Waals surface area contributed by atoms with Crippen LogP contribution in [0.3, 0.4) is 0 Å². The first-order chi connectivity index (χ1) is 14.1. The predicted molar refractivity (Wildman–Crippen MR) is 108 cm³/mol. The van der Waals surface area contributed by atoms with Crippen molar-refractivity contribution in [2.24, 2.45) is 13.0 Å². The third-order valence-electron chi connectivity index (χ3n) is 6.39. The van der Waals surface area contributed by atoms with Gasteiger partial charge in [0.25, 0.3) is 5.91 Å². The first-order valence-electron chi connectivity index (χ1n) is 11.0. The fourth-order valence-corrected chi connectivity index (χ4v) is 4.63. The van der Waals surface area contributed by atoms with Crippen molar-refractivity contribution in [2.45, 2.75) is 50.6 Å². The van der Waals surface area contributed by atoms with Crippen LogP contribution in [0.25, 0.3) is 0 Å². The molecule has 0 bridgehead atoms. The average molecular weight is 404 g/mol. The SMILES string of the molecule is Cn1cc(C(=O)NCCN(C2CCOCC2)C2CCCN(C(=O)C3CC3)C2)cn1. The number of piperidine rings is 1. The second-order valence-corrected chi connectivity index (χ2v) is 8.59. The lowest BCUT2D eigenvalue weighted by Gasteiger charge is -2.44. The second kappa shape index (κ2) is 9.26. The Morgan fingerprint density at radius 3 is 2.69 bits per heavy atom. The number of carbonyl (C=O) groups is 2. The maximum atomic E-state index is 12.6. The zero-order valence-electron chi connectivity index (χ0n) is 17.4. The standard InChI is InChI=1S/C21H33N5O3/c1-24-14-17(13-23-24)20(27)22-8-10-26(18-6-11-29-12-7-18)19-3-2-9-25(15-19)21(28)16-4-5-16/h13-14,16,18-19H,2-12,15H2,1H3,(H,22,27). The number of carbonyl (C=O) groups excluding carboxylic acids is 2. The summed E-state index contributed by atoms with van der Waals surface area (Å²) in [6.45, 7) is 4.70. The van der Waals surface area contributed by atoms with Crippen molar-refractivity contribution in [1.82, 2.24) is 24.9 Å². The molecule has 3 heterocycles. The van der Waals surface area contributed by atoms with E-state index in [1.165, 1.54) is 0 Å². The molecule has 1 atom stereocenters. The van der Waals surface area contributed by atoms with Gasteiger partial charge in [0, 0.05) is 70.6 Å². The van der Waals surface area contributed by atoms with Crippen molar-refractivity contribution in [1.29, 1.82) is 0 Å². The zero-order chi connectivity index (χ0) is 20.2. The van der Waals surface area contributed by atoms with Crippen LogP contribution < -0.4 is 5.32 Å². The molecule has 2 aliphatic heterocycles. The molecule has 3 aliphatic rings. The molecule has 2 saturated heterocycles. The minimum atomic E-state index is -0.0841. The molecule has 1 unspecified atom stereocenters. The Bertz CT molecular complexity index is 711. The first-order valence-corrected chi connectivity index (χ1v) is 11.0. The lowest BCUT2D eigenvalue weighted by molar-refractivity contribution is -0.135. The lowest BCUT2D eigenvalue weighted by atomic mass is 9.98. The molecule has 160 valence electrons. The van der Waals surface area contributed by atoms with Gasteiger partial charge in [-0.2, -0.15) is 5.10 Å². The van der Waals surface area contributed by atoms with Crippen LogP contribution in [0.2, 0.25) is 0 Å². The molecule has 1 aromatic rings. The van der Waals surface area contributed by atoms with Gasteiger partial charge in [0.2, 0.25) is 5.91 Å². The molecule has 1 aromatic heterocycles. The molecular formula is C21H33N5O3. The quantitative estimate of drug-likeness (QED) is 0.736. The van der Waals surface area contributed by atoms with Gasteiger partial charge in [0.15, 0.2) is 0 Å². The minimum absolute atomic E-state index is 0.0841. The van der Waals surface area contributed by atoms with Crippen molar-refractivity contribution in [3.05, 3.63) is 18.0 Å². The molecule has 3 fully saturated rings. The van der Waals surface area contributed by atoms with Crippen LogP contribution in [0.1, 0.15) is 48.9 Å². The third kappa shape index (κ3) is 5.17. The Labute approximate surface area is 172 Å². The molecule has 0 spiro atoms. The van der Waals surface area contributed by atoms with E-state index in [0.29, 0.717) is 30.1 Å². The predicted octanol–water partition coefficient (Wildman–Crippen LogP) is 1.03. The van der Waals surface area contributed by atoms with Crippen molar-refractivity contribution >= 4 is 11.8 Å². The van der Waals surface area contributed by atoms with Crippen molar-refractivity contribution in [3.63, 3.8) is 0 Å². The summed E-state index contributed by atoms with van der Waals surface area (Å²) in [6.07, 6.45) is 9.65. The van der Waals surface area contributed by atoms with Crippen LogP contribution in [0, 0.1) is 5.92 Å². The first kappa shape index (κ1) is 20.3. The van der Waals surface area contributed by atoms with Crippen molar-refractivity contribution in [3.8, 4) is 0 Å². The van der Waals surface area contributed by atoms with Crippen LogP contribution in [0.4, 0.5) is 0 Å². The summed E-state index contributed by atoms with van der Waals surface area (Å²) >= 11 is 0. The number of nitrogens with one attached hydrogen (secondary N) is 1. The van der Waals surface area contributed by atoms with Crippen LogP contribution in [0.15, 0.2) is 12.4 Å². The van der Waals surface area contributed by atoms with E-state index in [-0.39, 0.29) is 11.8 Å². The highest BCUT2D eigenvalue weighted by Crippen LogP contribution is 2.32. The van der Waals surface area contributed by atoms with Crippen LogP contribution in [0.5, 0.6) is 0 Å². The molecule has 4 rings (SSSR count). The van der Waals surface area contributed by atoms with E-state index in [1.54, 1.807) is 24.1 Å². The molecular weight excluding hydrogens is 370 g/mol. The Morgan fingerprint density at radius 2 is 2.00 bits per heavy atom. The van der Waals surface area contributed by atoms with Crippen LogP contribution >= 0.6 is 0 Å². The summed E-state index contributed by atoms with van der Waals surface area (Å²) in [6, 6.07) is 0.824. The third-order valence-corrected chi connectivity index (χ3v) is 6.39. The lowest BCUT2D eigenvalue weighted by Crippen LogP contribution is -2.55. The van der Waals surface area contributed by atoms with Gasteiger partial charge in [-0.1, -0.05) is 0 Å². The van der Waals surface area contributed by atoms with Crippen LogP contribution in [-0.2, 0) is 16.6 Å². The Kier molecular flexibility index (Phi) is 6.50. The highest BCUT2D eigenvalue weighted by molar-refractivity contribution is 5.93. The number of aromatic nitrogens is 2. The van der Waals surface area contributed by atoms with Gasteiger partial charge < -0.3 is 15.0 Å². The summed E-state index contributed by atoms with van der Waals surface area (Å²) in [5.74, 6) is 0.551. The second-order valence-electron chi connectivity index (χ2n) is 8.59. The number of amides is 2. The van der Waals surface area contributed by atoms with Crippen LogP contribution in [-0.4, -0.2) is 82.9 Å². The average Bonchev–Trinajstić information content (AvgIpc) is 3.51. The molecule has 0 radical (unpaired) electrons. The van der Waals surface area contributed by atoms with Gasteiger partial charge in [-0.15, -0.1) is 0 Å². The number of rotatable bonds is 7. The van der Waals surface area contributed by atoms with Gasteiger partial charge in [0.05, 0.1) is 11.8 Å². The number of ether oxygens (including phenoxy) is 1. The summed E-state index contributed by atoms with van der Waals surface area (Å²) in [4.78, 5) is 29.6. The van der Waals surface area contributed by atoms with E-state index in [4.69, 9.17) is 4.74 Å². The fraction of sp³-hybridized carbons (Fsp3) is 0.762. The summed E-state index contributed by atoms with van der Waals surface area (Å²) in [7, 11) is 1.81. The molecule has 29 heavy (non-hydrogen) atoms. The summed E-state index contributed by atoms with van der Waals surface area (Å²) < 4.78 is 7.20. The topological polar surface area (TPSA) is 79.7 Å². The number of likely N-dealkylation sites (tertiary alicyclic amines) is 1. The molecule has 1 aliphatic carbocycles. The number of nitrogens with zero attached hydrogens (tertiary/aromatic N) is 4. The zero-order valence-corrected chi connectivity index (χ0v) is 17.4. The fourth-order valence-electron chi connectivity index (χ4n) is 4.63. The Morgan fingerprint density at radius 1 is 1.21 bits per heavy atom. The van der Waals surface area contributed by atoms with E-state index in [0.717, 1.165) is 71.4 Å². The monoisotopic (exact) mass is 403 g/mol. The van der Waals surface area contributed by atoms with Gasteiger partial charge in [0.1, 0.15) is 0 Å². The van der Waals surface area contributed by atoms with E-state index in [2.05, 4.69) is 20.2 Å². The van der Waals surface area contributed by atoms with Gasteiger partial charge in [-0.3, -0.25) is 19.2 Å². The number of hydrogen-bond donors (Lipinski definition) is 1. The van der Waals surface area contributed by atoms with Crippen molar-refractivity contribution < 1.29 is 14.3 Å². The van der Waals surface area contributed by atoms with Gasteiger partial charge in [-0.25, -0.2) is 0 Å². The molecule has 8 nitrogen and oxygen atoms in total. The van der Waals surface area contributed by atoms with Gasteiger partial charge >= 0.3 is 0 Å². The Balaban J connectivity index is 1.36. The van der Waals surface area contributed by atoms with E-state index in [9.17, 15) is 9.59 Å². The summed E-state index contributed by atoms with van der Waals surface area (Å²) in [5.41, 5.74) is 0.587. The largest absolute Gasteiger partial charge is 0.381 e. The van der Waals surface area contributed by atoms with Crippen molar-refractivity contribution in [2.75, 3.05) is 39.4 Å². The maximum absolute atomic E-state index is 12.6. The number of hydrogen-bond acceptors (Lipinski definition) is 5. The molecule has 1 N–H and O–H groups in total. The molecule has 8 heteroatoms. The van der Waals surface area contributed by atoms with E-state index in [1.807, 2.05) is 0 Å². The Hall–Kier alpha value is -1.93. The smallest absolute Gasteiger partial charge is 0.254 e. The van der Waals surface area contributed by atoms with E-state index < -0.39 is 0 Å². The normalized spacial score (nSPS) is 23.4. The molecule has 2 amide bonds. The molecule has 1 saturated carbocycles. The highest BCUT2D eigenvalue weighted by Gasteiger charge is 2.37. The van der Waals surface area contributed by atoms with Gasteiger partial charge in [-0.05, 0) is 38.5 Å². The number of aryl methyl sites for hydroxylation is 1. The van der Waals surface area contributed by atoms with E-state index >= 15 is 0 Å². The maximum Gasteiger partial charge on any atom is 0.254 e. The minimum Gasteiger partial charge on any atom is -0.381 e.